The Hall–Kier alpha value is -1.16. The third-order valence-corrected chi connectivity index (χ3v) is 2.39. The van der Waals surface area contributed by atoms with Crippen molar-refractivity contribution in [3.63, 3.8) is 0 Å². The van der Waals surface area contributed by atoms with E-state index in [1.165, 1.54) is 0 Å². The summed E-state index contributed by atoms with van der Waals surface area (Å²) in [6.45, 7) is 3.83. The van der Waals surface area contributed by atoms with Crippen LogP contribution >= 0.6 is 0 Å². The molecule has 0 spiro atoms. The van der Waals surface area contributed by atoms with Gasteiger partial charge in [0.1, 0.15) is 6.10 Å². The van der Waals surface area contributed by atoms with Crippen LogP contribution in [0.4, 0.5) is 0 Å². The smallest absolute Gasteiger partial charge is 0.167 e. The van der Waals surface area contributed by atoms with Crippen molar-refractivity contribution < 1.29 is 9.90 Å². The Kier molecular flexibility index (Phi) is 4.03. The fraction of sp³-hybridized carbons (Fsp3) is 0.636. The molecule has 1 aromatic heterocycles. The Morgan fingerprint density at radius 2 is 2.33 bits per heavy atom. The van der Waals surface area contributed by atoms with E-state index < -0.39 is 6.10 Å². The summed E-state index contributed by atoms with van der Waals surface area (Å²) in [5.41, 5.74) is 1.75. The van der Waals surface area contributed by atoms with Crippen molar-refractivity contribution in [3.8, 4) is 0 Å². The van der Waals surface area contributed by atoms with E-state index in [1.54, 1.807) is 4.68 Å². The number of hydrogen-bond acceptors (Lipinski definition) is 3. The third-order valence-electron chi connectivity index (χ3n) is 2.39. The van der Waals surface area contributed by atoms with Crippen molar-refractivity contribution in [2.24, 2.45) is 7.05 Å². The second-order valence-electron chi connectivity index (χ2n) is 3.85. The largest absolute Gasteiger partial charge is 0.385 e. The number of ketones is 1. The van der Waals surface area contributed by atoms with Gasteiger partial charge in [-0.15, -0.1) is 0 Å². The standard InChI is InChI=1S/C11H18N2O2/c1-4-5-10(14)11(15)7-9-6-8(2)12-13(9)3/h6,10,14H,4-5,7H2,1-3H3. The first-order valence-corrected chi connectivity index (χ1v) is 5.25. The maximum absolute atomic E-state index is 11.6. The molecule has 0 bridgehead atoms. The van der Waals surface area contributed by atoms with Crippen LogP contribution in [0.25, 0.3) is 0 Å². The molecule has 1 N–H and O–H groups in total. The van der Waals surface area contributed by atoms with Crippen molar-refractivity contribution >= 4 is 5.78 Å². The zero-order chi connectivity index (χ0) is 11.4. The molecule has 1 unspecified atom stereocenters. The molecule has 0 aliphatic carbocycles. The normalized spacial score (nSPS) is 12.8. The number of hydrogen-bond donors (Lipinski definition) is 1. The highest BCUT2D eigenvalue weighted by Crippen LogP contribution is 2.06. The zero-order valence-electron chi connectivity index (χ0n) is 9.53. The van der Waals surface area contributed by atoms with Gasteiger partial charge in [-0.3, -0.25) is 9.48 Å². The third kappa shape index (κ3) is 3.16. The molecule has 4 nitrogen and oxygen atoms in total. The summed E-state index contributed by atoms with van der Waals surface area (Å²) in [6.07, 6.45) is 0.788. The van der Waals surface area contributed by atoms with Gasteiger partial charge in [0, 0.05) is 12.7 Å². The summed E-state index contributed by atoms with van der Waals surface area (Å²) in [5.74, 6) is -0.125. The average molecular weight is 210 g/mol. The minimum atomic E-state index is -0.829. The summed E-state index contributed by atoms with van der Waals surface area (Å²) in [6, 6.07) is 1.87. The van der Waals surface area contributed by atoms with Gasteiger partial charge in [-0.25, -0.2) is 0 Å². The SMILES string of the molecule is CCCC(O)C(=O)Cc1cc(C)nn1C. The van der Waals surface area contributed by atoms with Crippen LogP contribution in [-0.2, 0) is 18.3 Å². The number of rotatable bonds is 5. The van der Waals surface area contributed by atoms with Crippen LogP contribution < -0.4 is 0 Å². The molecule has 1 rings (SSSR count). The van der Waals surface area contributed by atoms with Gasteiger partial charge < -0.3 is 5.11 Å². The Morgan fingerprint density at radius 3 is 2.80 bits per heavy atom. The van der Waals surface area contributed by atoms with Crippen LogP contribution in [0.3, 0.4) is 0 Å². The van der Waals surface area contributed by atoms with Gasteiger partial charge in [-0.1, -0.05) is 13.3 Å². The highest BCUT2D eigenvalue weighted by molar-refractivity contribution is 5.84. The minimum absolute atomic E-state index is 0.125. The highest BCUT2D eigenvalue weighted by atomic mass is 16.3. The number of aromatic nitrogens is 2. The number of carbonyl (C=O) groups excluding carboxylic acids is 1. The Balaban J connectivity index is 2.62. The first kappa shape index (κ1) is 11.9. The van der Waals surface area contributed by atoms with Crippen LogP contribution in [-0.4, -0.2) is 26.8 Å². The molecule has 15 heavy (non-hydrogen) atoms. The number of nitrogens with zero attached hydrogens (tertiary/aromatic N) is 2. The first-order chi connectivity index (χ1) is 7.04. The quantitative estimate of drug-likeness (QED) is 0.788. The fourth-order valence-corrected chi connectivity index (χ4v) is 1.56. The minimum Gasteiger partial charge on any atom is -0.385 e. The molecule has 1 atom stereocenters. The van der Waals surface area contributed by atoms with E-state index in [9.17, 15) is 9.90 Å². The molecule has 1 aromatic rings. The lowest BCUT2D eigenvalue weighted by atomic mass is 10.1. The second kappa shape index (κ2) is 5.07. The summed E-state index contributed by atoms with van der Waals surface area (Å²) < 4.78 is 1.69. The lowest BCUT2D eigenvalue weighted by Crippen LogP contribution is -2.22. The number of Topliss-reactive ketones (excluding diaryl/α,β-unsaturated/α-hetero) is 1. The van der Waals surface area contributed by atoms with E-state index in [0.717, 1.165) is 17.8 Å². The molecular weight excluding hydrogens is 192 g/mol. The van der Waals surface area contributed by atoms with Gasteiger partial charge >= 0.3 is 0 Å². The summed E-state index contributed by atoms with van der Waals surface area (Å²) >= 11 is 0. The number of aryl methyl sites for hydroxylation is 2. The number of aliphatic hydroxyl groups is 1. The molecule has 0 saturated heterocycles. The van der Waals surface area contributed by atoms with Gasteiger partial charge in [0.05, 0.1) is 12.1 Å². The lowest BCUT2D eigenvalue weighted by Gasteiger charge is -2.07. The van der Waals surface area contributed by atoms with E-state index in [-0.39, 0.29) is 12.2 Å². The molecule has 0 aliphatic rings. The zero-order valence-corrected chi connectivity index (χ0v) is 9.53. The van der Waals surface area contributed by atoms with Crippen LogP contribution in [0.15, 0.2) is 6.07 Å². The first-order valence-electron chi connectivity index (χ1n) is 5.25. The van der Waals surface area contributed by atoms with Crippen molar-refractivity contribution in [1.29, 1.82) is 0 Å². The predicted molar refractivity (Wildman–Crippen MR) is 57.6 cm³/mol. The van der Waals surface area contributed by atoms with Crippen molar-refractivity contribution in [2.45, 2.75) is 39.2 Å². The van der Waals surface area contributed by atoms with Crippen LogP contribution in [0.5, 0.6) is 0 Å². The maximum Gasteiger partial charge on any atom is 0.167 e. The van der Waals surface area contributed by atoms with Crippen molar-refractivity contribution in [2.75, 3.05) is 0 Å². The summed E-state index contributed by atoms with van der Waals surface area (Å²) in [4.78, 5) is 11.6. The average Bonchev–Trinajstić information content (AvgIpc) is 2.45. The van der Waals surface area contributed by atoms with Gasteiger partial charge in [0.25, 0.3) is 0 Å². The lowest BCUT2D eigenvalue weighted by molar-refractivity contribution is -0.126. The number of aliphatic hydroxyl groups excluding tert-OH is 1. The summed E-state index contributed by atoms with van der Waals surface area (Å²) in [7, 11) is 1.81. The van der Waals surface area contributed by atoms with Crippen LogP contribution in [0, 0.1) is 6.92 Å². The van der Waals surface area contributed by atoms with E-state index >= 15 is 0 Å². The van der Waals surface area contributed by atoms with E-state index in [0.29, 0.717) is 6.42 Å². The molecule has 0 radical (unpaired) electrons. The topological polar surface area (TPSA) is 55.1 Å². The second-order valence-corrected chi connectivity index (χ2v) is 3.85. The molecule has 84 valence electrons. The molecule has 0 aromatic carbocycles. The van der Waals surface area contributed by atoms with Gasteiger partial charge in [-0.2, -0.15) is 5.10 Å². The highest BCUT2D eigenvalue weighted by Gasteiger charge is 2.16. The maximum atomic E-state index is 11.6. The fourth-order valence-electron chi connectivity index (χ4n) is 1.56. The Morgan fingerprint density at radius 1 is 1.67 bits per heavy atom. The Labute approximate surface area is 89.9 Å². The monoisotopic (exact) mass is 210 g/mol. The summed E-state index contributed by atoms with van der Waals surface area (Å²) in [5, 5.41) is 13.6. The van der Waals surface area contributed by atoms with Crippen molar-refractivity contribution in [3.05, 3.63) is 17.5 Å². The molecule has 0 saturated carbocycles. The van der Waals surface area contributed by atoms with E-state index in [1.807, 2.05) is 27.0 Å². The van der Waals surface area contributed by atoms with Crippen LogP contribution in [0.2, 0.25) is 0 Å². The molecule has 4 heteroatoms. The van der Waals surface area contributed by atoms with Gasteiger partial charge in [-0.05, 0) is 19.4 Å². The van der Waals surface area contributed by atoms with Gasteiger partial charge in [0.2, 0.25) is 0 Å². The molecule has 0 fully saturated rings. The van der Waals surface area contributed by atoms with Crippen LogP contribution in [0.1, 0.15) is 31.2 Å². The van der Waals surface area contributed by atoms with E-state index in [4.69, 9.17) is 0 Å². The molecule has 1 heterocycles. The molecular formula is C11H18N2O2. The number of carbonyl (C=O) groups is 1. The molecule has 0 amide bonds. The Bertz CT molecular complexity index is 344. The van der Waals surface area contributed by atoms with E-state index in [2.05, 4.69) is 5.10 Å². The molecule has 0 aliphatic heterocycles. The van der Waals surface area contributed by atoms with Gasteiger partial charge in [0.15, 0.2) is 5.78 Å². The van der Waals surface area contributed by atoms with Crippen molar-refractivity contribution in [1.82, 2.24) is 9.78 Å². The predicted octanol–water partition coefficient (Wildman–Crippen LogP) is 1.00.